The zero-order valence-corrected chi connectivity index (χ0v) is 25.8. The van der Waals surface area contributed by atoms with Crippen LogP contribution in [0.3, 0.4) is 0 Å². The Kier molecular flexibility index (Phi) is 8.65. The van der Waals surface area contributed by atoms with Crippen molar-refractivity contribution in [3.8, 4) is 5.88 Å². The second kappa shape index (κ2) is 12.8. The molecule has 2 aliphatic heterocycles. The number of fused-ring (bicyclic) bond motifs is 1. The number of nitrogens with zero attached hydrogens (tertiary/aromatic N) is 5. The number of hydrogen-bond donors (Lipinski definition) is 0. The van der Waals surface area contributed by atoms with Crippen molar-refractivity contribution in [2.45, 2.75) is 65.0 Å². The number of carbonyl (C=O) groups is 1. The van der Waals surface area contributed by atoms with Crippen LogP contribution in [0.5, 0.6) is 5.88 Å². The van der Waals surface area contributed by atoms with Crippen LogP contribution in [0.4, 0.5) is 10.1 Å². The molecule has 45 heavy (non-hydrogen) atoms. The van der Waals surface area contributed by atoms with Gasteiger partial charge in [0.1, 0.15) is 23.8 Å². The molecule has 0 spiro atoms. The van der Waals surface area contributed by atoms with E-state index in [2.05, 4.69) is 25.4 Å². The van der Waals surface area contributed by atoms with E-state index in [0.717, 1.165) is 60.7 Å². The van der Waals surface area contributed by atoms with E-state index in [9.17, 15) is 9.18 Å². The van der Waals surface area contributed by atoms with Crippen LogP contribution >= 0.6 is 0 Å². The van der Waals surface area contributed by atoms with E-state index in [1.54, 1.807) is 24.3 Å². The molecular weight excluding hydrogens is 573 g/mol. The van der Waals surface area contributed by atoms with Gasteiger partial charge in [-0.25, -0.2) is 24.0 Å². The first-order chi connectivity index (χ1) is 21.6. The Morgan fingerprint density at radius 2 is 2.00 bits per heavy atom. The topological polar surface area (TPSA) is 83.1 Å². The van der Waals surface area contributed by atoms with Crippen molar-refractivity contribution in [3.63, 3.8) is 0 Å². The van der Waals surface area contributed by atoms with Crippen molar-refractivity contribution >= 4 is 28.3 Å². The van der Waals surface area contributed by atoms with Crippen LogP contribution in [0.15, 0.2) is 60.7 Å². The maximum absolute atomic E-state index is 14.3. The van der Waals surface area contributed by atoms with Gasteiger partial charge in [-0.3, -0.25) is 4.90 Å². The third-order valence-electron chi connectivity index (χ3n) is 7.89. The number of imidazole rings is 1. The molecule has 0 saturated carbocycles. The van der Waals surface area contributed by atoms with Crippen molar-refractivity contribution in [2.75, 3.05) is 19.7 Å². The number of aromatic nitrogens is 3. The van der Waals surface area contributed by atoms with Gasteiger partial charge in [0.05, 0.1) is 48.1 Å². The van der Waals surface area contributed by atoms with Gasteiger partial charge in [-0.05, 0) is 69.5 Å². The Bertz CT molecular complexity index is 1800. The van der Waals surface area contributed by atoms with Crippen molar-refractivity contribution < 1.29 is 23.4 Å². The van der Waals surface area contributed by atoms with Crippen LogP contribution in [0.25, 0.3) is 21.5 Å². The van der Waals surface area contributed by atoms with Gasteiger partial charge < -0.3 is 18.8 Å². The molecule has 4 aromatic rings. The fourth-order valence-corrected chi connectivity index (χ4v) is 5.43. The summed E-state index contributed by atoms with van der Waals surface area (Å²) in [7, 11) is 0. The monoisotopic (exact) mass is 609 g/mol. The van der Waals surface area contributed by atoms with Gasteiger partial charge in [-0.2, -0.15) is 0 Å². The van der Waals surface area contributed by atoms with E-state index >= 15 is 0 Å². The molecule has 6 rings (SSSR count). The molecule has 0 bridgehead atoms. The zero-order valence-electron chi connectivity index (χ0n) is 25.8. The Labute approximate surface area is 262 Å². The molecule has 9 nitrogen and oxygen atoms in total. The van der Waals surface area contributed by atoms with Gasteiger partial charge in [-0.1, -0.05) is 24.3 Å². The largest absolute Gasteiger partial charge is 0.473 e. The van der Waals surface area contributed by atoms with Gasteiger partial charge in [0, 0.05) is 31.3 Å². The average Bonchev–Trinajstić information content (AvgIpc) is 3.33. The number of halogens is 1. The molecule has 1 atom stereocenters. The lowest BCUT2D eigenvalue weighted by Gasteiger charge is -2.29. The third kappa shape index (κ3) is 7.22. The molecule has 0 radical (unpaired) electrons. The zero-order chi connectivity index (χ0) is 31.6. The van der Waals surface area contributed by atoms with Crippen LogP contribution in [-0.4, -0.2) is 56.8 Å². The van der Waals surface area contributed by atoms with E-state index < -0.39 is 11.4 Å². The average molecular weight is 610 g/mol. The smallest absolute Gasteiger partial charge is 0.338 e. The number of esters is 1. The summed E-state index contributed by atoms with van der Waals surface area (Å²) < 4.78 is 33.6. The maximum atomic E-state index is 14.3. The van der Waals surface area contributed by atoms with E-state index in [-0.39, 0.29) is 24.4 Å². The van der Waals surface area contributed by atoms with Crippen LogP contribution in [0.2, 0.25) is 0 Å². The van der Waals surface area contributed by atoms with E-state index in [4.69, 9.17) is 25.8 Å². The molecule has 2 aromatic carbocycles. The summed E-state index contributed by atoms with van der Waals surface area (Å²) >= 11 is 0. The molecule has 232 valence electrons. The second-order valence-corrected chi connectivity index (χ2v) is 12.4. The minimum absolute atomic E-state index is 0.0273. The molecule has 4 heterocycles. The molecular formula is C35H36FN5O4. The molecule has 0 unspecified atom stereocenters. The lowest BCUT2D eigenvalue weighted by molar-refractivity contribution is -0.0591. The fourth-order valence-electron chi connectivity index (χ4n) is 5.43. The standard InChI is InChI=1S/C35H36FN5O4/c1-35(2,3)45-34(42)24-9-11-30-31(18-24)41(20-27-14-17-43-27)32(38-30)21-40-15-12-23(13-16-40)29-6-5-7-33(39-29)44-22-25-8-10-26(37-4)19-28(25)36/h5-12,18-19,27H,13-17,20-22H2,1-3H3/t27-/m0/s1. The number of rotatable bonds is 9. The maximum Gasteiger partial charge on any atom is 0.338 e. The molecule has 2 aromatic heterocycles. The number of ether oxygens (including phenoxy) is 3. The van der Waals surface area contributed by atoms with Gasteiger partial charge >= 0.3 is 5.97 Å². The number of hydrogen-bond acceptors (Lipinski definition) is 7. The van der Waals surface area contributed by atoms with Gasteiger partial charge in [-0.15, -0.1) is 0 Å². The van der Waals surface area contributed by atoms with Gasteiger partial charge in [0.15, 0.2) is 5.69 Å². The van der Waals surface area contributed by atoms with Crippen molar-refractivity contribution in [2.24, 2.45) is 0 Å². The summed E-state index contributed by atoms with van der Waals surface area (Å²) in [5.41, 5.74) is 4.27. The predicted octanol–water partition coefficient (Wildman–Crippen LogP) is 6.73. The van der Waals surface area contributed by atoms with Crippen molar-refractivity contribution in [3.05, 3.63) is 101 Å². The van der Waals surface area contributed by atoms with E-state index in [1.807, 2.05) is 45.0 Å². The minimum atomic E-state index is -0.575. The van der Waals surface area contributed by atoms with Crippen LogP contribution in [-0.2, 0) is 29.2 Å². The lowest BCUT2D eigenvalue weighted by Crippen LogP contribution is -2.33. The highest BCUT2D eigenvalue weighted by Crippen LogP contribution is 2.27. The lowest BCUT2D eigenvalue weighted by atomic mass is 10.0. The molecule has 0 amide bonds. The Balaban J connectivity index is 1.15. The highest BCUT2D eigenvalue weighted by Gasteiger charge is 2.25. The molecule has 0 N–H and O–H groups in total. The van der Waals surface area contributed by atoms with Crippen LogP contribution in [0.1, 0.15) is 61.1 Å². The molecule has 1 fully saturated rings. The first-order valence-corrected chi connectivity index (χ1v) is 15.2. The Hall–Kier alpha value is -4.59. The SMILES string of the molecule is [C-]#[N+]c1ccc(COc2cccc(C3=CCN(Cc4nc5ccc(C(=O)OC(C)(C)C)cc5n4C[C@@H]4CCO4)CC3)n2)c(F)c1. The minimum Gasteiger partial charge on any atom is -0.473 e. The summed E-state index contributed by atoms with van der Waals surface area (Å²) in [6.07, 6.45) is 4.12. The first kappa shape index (κ1) is 30.4. The molecule has 0 aliphatic carbocycles. The summed E-state index contributed by atoms with van der Waals surface area (Å²) in [5.74, 6) is 0.538. The van der Waals surface area contributed by atoms with Crippen LogP contribution in [0, 0.1) is 12.4 Å². The highest BCUT2D eigenvalue weighted by molar-refractivity contribution is 5.94. The predicted molar refractivity (Wildman–Crippen MR) is 168 cm³/mol. The third-order valence-corrected chi connectivity index (χ3v) is 7.89. The van der Waals surface area contributed by atoms with Crippen molar-refractivity contribution in [1.82, 2.24) is 19.4 Å². The quantitative estimate of drug-likeness (QED) is 0.154. The number of carbonyl (C=O) groups excluding carboxylic acids is 1. The summed E-state index contributed by atoms with van der Waals surface area (Å²) in [5, 5.41) is 0. The Morgan fingerprint density at radius 1 is 1.16 bits per heavy atom. The summed E-state index contributed by atoms with van der Waals surface area (Å²) in [6.45, 7) is 16.3. The summed E-state index contributed by atoms with van der Waals surface area (Å²) in [4.78, 5) is 28.0. The van der Waals surface area contributed by atoms with E-state index in [0.29, 0.717) is 30.1 Å². The van der Waals surface area contributed by atoms with Gasteiger partial charge in [0.2, 0.25) is 5.88 Å². The van der Waals surface area contributed by atoms with Gasteiger partial charge in [0.25, 0.3) is 0 Å². The molecule has 1 saturated heterocycles. The Morgan fingerprint density at radius 3 is 2.69 bits per heavy atom. The highest BCUT2D eigenvalue weighted by atomic mass is 19.1. The summed E-state index contributed by atoms with van der Waals surface area (Å²) in [6, 6.07) is 15.5. The van der Waals surface area contributed by atoms with Crippen LogP contribution < -0.4 is 4.74 Å². The van der Waals surface area contributed by atoms with E-state index in [1.165, 1.54) is 6.07 Å². The fraction of sp³-hybridized carbons (Fsp3) is 0.371. The molecule has 2 aliphatic rings. The van der Waals surface area contributed by atoms with Crippen molar-refractivity contribution in [1.29, 1.82) is 0 Å². The first-order valence-electron chi connectivity index (χ1n) is 15.2. The number of benzene rings is 2. The molecule has 10 heteroatoms. The number of pyridine rings is 1. The normalized spacial score (nSPS) is 17.0. The second-order valence-electron chi connectivity index (χ2n) is 12.4.